The molecule has 1 aromatic heterocycles. The molecule has 0 radical (unpaired) electrons. The van der Waals surface area contributed by atoms with E-state index in [2.05, 4.69) is 170 Å². The molecule has 0 spiro atoms. The lowest BCUT2D eigenvalue weighted by Crippen LogP contribution is -1.91. The van der Waals surface area contributed by atoms with Gasteiger partial charge in [-0.3, -0.25) is 0 Å². The van der Waals surface area contributed by atoms with Crippen LogP contribution in [-0.4, -0.2) is 0 Å². The second kappa shape index (κ2) is 10.4. The zero-order valence-corrected chi connectivity index (χ0v) is 24.6. The molecule has 0 bridgehead atoms. The standard InChI is InChI=1S/C44H28O/c1-3-14-29(15-4-1)31-18-11-19-32(28-31)33-24-12-26-39-43(33)44-38(25-13-27-40(44)45-39)42-36-22-9-7-20-34(36)41(30-16-5-2-6-17-30)35-21-8-10-23-37(35)42/h1-28H. The minimum absolute atomic E-state index is 0.898. The van der Waals surface area contributed by atoms with Gasteiger partial charge in [-0.1, -0.05) is 152 Å². The normalized spacial score (nSPS) is 11.6. The smallest absolute Gasteiger partial charge is 0.136 e. The minimum Gasteiger partial charge on any atom is -0.456 e. The van der Waals surface area contributed by atoms with Gasteiger partial charge in [-0.25, -0.2) is 0 Å². The molecule has 0 aliphatic carbocycles. The third-order valence-corrected chi connectivity index (χ3v) is 9.07. The topological polar surface area (TPSA) is 13.1 Å². The van der Waals surface area contributed by atoms with E-state index in [-0.39, 0.29) is 0 Å². The fourth-order valence-corrected chi connectivity index (χ4v) is 7.15. The van der Waals surface area contributed by atoms with E-state index >= 15 is 0 Å². The van der Waals surface area contributed by atoms with E-state index in [1.165, 1.54) is 66.1 Å². The number of hydrogen-bond acceptors (Lipinski definition) is 1. The summed E-state index contributed by atoms with van der Waals surface area (Å²) in [6.07, 6.45) is 0. The molecule has 0 atom stereocenters. The van der Waals surface area contributed by atoms with Crippen LogP contribution < -0.4 is 0 Å². The van der Waals surface area contributed by atoms with Crippen LogP contribution in [0, 0.1) is 0 Å². The molecule has 1 nitrogen and oxygen atoms in total. The molecule has 0 aliphatic rings. The van der Waals surface area contributed by atoms with Gasteiger partial charge in [0.25, 0.3) is 0 Å². The highest BCUT2D eigenvalue weighted by Crippen LogP contribution is 2.48. The SMILES string of the molecule is c1ccc(-c2cccc(-c3cccc4oc5cccc(-c6c7ccccc7c(-c7ccccc7)c7ccccc67)c5c34)c2)cc1. The van der Waals surface area contributed by atoms with Crippen molar-refractivity contribution in [1.82, 2.24) is 0 Å². The van der Waals surface area contributed by atoms with Gasteiger partial charge in [0.2, 0.25) is 0 Å². The Balaban J connectivity index is 1.38. The Morgan fingerprint density at radius 1 is 0.289 bits per heavy atom. The molecule has 9 aromatic rings. The molecule has 8 aromatic carbocycles. The van der Waals surface area contributed by atoms with Crippen molar-refractivity contribution in [3.8, 4) is 44.5 Å². The Bertz CT molecular complexity index is 2460. The fourth-order valence-electron chi connectivity index (χ4n) is 7.15. The molecule has 0 N–H and O–H groups in total. The van der Waals surface area contributed by atoms with Gasteiger partial charge in [0, 0.05) is 10.8 Å². The summed E-state index contributed by atoms with van der Waals surface area (Å²) >= 11 is 0. The van der Waals surface area contributed by atoms with Crippen LogP contribution in [0.25, 0.3) is 88.0 Å². The molecule has 0 fully saturated rings. The van der Waals surface area contributed by atoms with E-state index in [4.69, 9.17) is 4.42 Å². The van der Waals surface area contributed by atoms with Crippen molar-refractivity contribution in [2.24, 2.45) is 0 Å². The molecule has 45 heavy (non-hydrogen) atoms. The fraction of sp³-hybridized carbons (Fsp3) is 0. The Labute approximate surface area is 261 Å². The number of hydrogen-bond donors (Lipinski definition) is 0. The molecule has 1 heteroatoms. The van der Waals surface area contributed by atoms with Crippen molar-refractivity contribution in [2.45, 2.75) is 0 Å². The van der Waals surface area contributed by atoms with Gasteiger partial charge < -0.3 is 4.42 Å². The lowest BCUT2D eigenvalue weighted by molar-refractivity contribution is 0.669. The van der Waals surface area contributed by atoms with Crippen molar-refractivity contribution in [2.75, 3.05) is 0 Å². The summed E-state index contributed by atoms with van der Waals surface area (Å²) < 4.78 is 6.61. The van der Waals surface area contributed by atoms with E-state index < -0.39 is 0 Å². The van der Waals surface area contributed by atoms with Crippen LogP contribution in [0.1, 0.15) is 0 Å². The van der Waals surface area contributed by atoms with Crippen molar-refractivity contribution < 1.29 is 4.42 Å². The molecule has 0 unspecified atom stereocenters. The van der Waals surface area contributed by atoms with E-state index in [1.807, 2.05) is 0 Å². The van der Waals surface area contributed by atoms with Gasteiger partial charge in [-0.05, 0) is 84.3 Å². The van der Waals surface area contributed by atoms with E-state index in [0.717, 1.165) is 21.9 Å². The third-order valence-electron chi connectivity index (χ3n) is 9.07. The zero-order valence-electron chi connectivity index (χ0n) is 24.6. The maximum absolute atomic E-state index is 6.61. The highest BCUT2D eigenvalue weighted by molar-refractivity contribution is 6.26. The molecule has 0 aliphatic heterocycles. The first kappa shape index (κ1) is 25.6. The molecule has 9 rings (SSSR count). The summed E-state index contributed by atoms with van der Waals surface area (Å²) in [5.74, 6) is 0. The number of rotatable bonds is 4. The van der Waals surface area contributed by atoms with Gasteiger partial charge in [0.15, 0.2) is 0 Å². The minimum atomic E-state index is 0.898. The molecule has 0 saturated heterocycles. The Kier molecular flexibility index (Phi) is 5.89. The summed E-state index contributed by atoms with van der Waals surface area (Å²) in [6, 6.07) is 60.8. The average Bonchev–Trinajstić information content (AvgIpc) is 3.51. The van der Waals surface area contributed by atoms with Crippen molar-refractivity contribution in [1.29, 1.82) is 0 Å². The van der Waals surface area contributed by atoms with Gasteiger partial charge in [0.05, 0.1) is 0 Å². The molecule has 0 saturated carbocycles. The van der Waals surface area contributed by atoms with Gasteiger partial charge >= 0.3 is 0 Å². The monoisotopic (exact) mass is 572 g/mol. The maximum atomic E-state index is 6.61. The summed E-state index contributed by atoms with van der Waals surface area (Å²) in [7, 11) is 0. The van der Waals surface area contributed by atoms with Crippen LogP contribution in [0.3, 0.4) is 0 Å². The largest absolute Gasteiger partial charge is 0.456 e. The Hall–Kier alpha value is -5.92. The highest BCUT2D eigenvalue weighted by atomic mass is 16.3. The number of fused-ring (bicyclic) bond motifs is 5. The first-order valence-corrected chi connectivity index (χ1v) is 15.4. The lowest BCUT2D eigenvalue weighted by Gasteiger charge is -2.18. The van der Waals surface area contributed by atoms with E-state index in [9.17, 15) is 0 Å². The predicted octanol–water partition coefficient (Wildman–Crippen LogP) is 12.6. The van der Waals surface area contributed by atoms with Gasteiger partial charge in [-0.2, -0.15) is 0 Å². The molecule has 0 amide bonds. The van der Waals surface area contributed by atoms with Gasteiger partial charge in [0.1, 0.15) is 11.2 Å². The summed E-state index contributed by atoms with van der Waals surface area (Å²) in [5.41, 5.74) is 11.5. The van der Waals surface area contributed by atoms with Crippen LogP contribution in [0.2, 0.25) is 0 Å². The summed E-state index contributed by atoms with van der Waals surface area (Å²) in [6.45, 7) is 0. The van der Waals surface area contributed by atoms with Crippen molar-refractivity contribution >= 4 is 43.5 Å². The van der Waals surface area contributed by atoms with Crippen LogP contribution in [-0.2, 0) is 0 Å². The first-order valence-electron chi connectivity index (χ1n) is 15.4. The summed E-state index contributed by atoms with van der Waals surface area (Å²) in [4.78, 5) is 0. The third kappa shape index (κ3) is 4.09. The molecular formula is C44H28O. The lowest BCUT2D eigenvalue weighted by atomic mass is 9.84. The molecule has 210 valence electrons. The quantitative estimate of drug-likeness (QED) is 0.191. The summed E-state index contributed by atoms with van der Waals surface area (Å²) in [5, 5.41) is 7.27. The zero-order chi connectivity index (χ0) is 29.7. The van der Waals surface area contributed by atoms with Gasteiger partial charge in [-0.15, -0.1) is 0 Å². The van der Waals surface area contributed by atoms with Crippen LogP contribution in [0.5, 0.6) is 0 Å². The second-order valence-electron chi connectivity index (χ2n) is 11.6. The molecular weight excluding hydrogens is 544 g/mol. The first-order chi connectivity index (χ1) is 22.3. The van der Waals surface area contributed by atoms with Crippen LogP contribution in [0.4, 0.5) is 0 Å². The molecule has 1 heterocycles. The maximum Gasteiger partial charge on any atom is 0.136 e. The highest BCUT2D eigenvalue weighted by Gasteiger charge is 2.21. The number of furan rings is 1. The van der Waals surface area contributed by atoms with Crippen LogP contribution >= 0.6 is 0 Å². The Morgan fingerprint density at radius 3 is 1.36 bits per heavy atom. The van der Waals surface area contributed by atoms with E-state index in [0.29, 0.717) is 0 Å². The Morgan fingerprint density at radius 2 is 0.733 bits per heavy atom. The second-order valence-corrected chi connectivity index (χ2v) is 11.6. The number of benzene rings is 8. The van der Waals surface area contributed by atoms with Crippen molar-refractivity contribution in [3.05, 3.63) is 170 Å². The predicted molar refractivity (Wildman–Crippen MR) is 190 cm³/mol. The van der Waals surface area contributed by atoms with Crippen LogP contribution in [0.15, 0.2) is 174 Å². The van der Waals surface area contributed by atoms with E-state index in [1.54, 1.807) is 0 Å². The van der Waals surface area contributed by atoms with Crippen molar-refractivity contribution in [3.63, 3.8) is 0 Å². The average molecular weight is 573 g/mol.